The Morgan fingerprint density at radius 1 is 1.25 bits per heavy atom. The summed E-state index contributed by atoms with van der Waals surface area (Å²) in [5.74, 6) is 0.582. The highest BCUT2D eigenvalue weighted by atomic mass is 16.3. The molecule has 1 atom stereocenters. The van der Waals surface area contributed by atoms with Gasteiger partial charge in [0.25, 0.3) is 0 Å². The summed E-state index contributed by atoms with van der Waals surface area (Å²) in [6.45, 7) is 1.77. The molecule has 3 rings (SSSR count). The van der Waals surface area contributed by atoms with Gasteiger partial charge in [0.1, 0.15) is 5.52 Å². The highest BCUT2D eigenvalue weighted by molar-refractivity contribution is 5.91. The van der Waals surface area contributed by atoms with E-state index in [4.69, 9.17) is 4.42 Å². The molecule has 0 bridgehead atoms. The third kappa shape index (κ3) is 3.72. The number of nitrogens with one attached hydrogen (secondary N) is 2. The number of rotatable bonds is 5. The molecule has 0 radical (unpaired) electrons. The van der Waals surface area contributed by atoms with Crippen molar-refractivity contribution in [3.05, 3.63) is 60.0 Å². The maximum atomic E-state index is 12.3. The van der Waals surface area contributed by atoms with Crippen molar-refractivity contribution in [2.75, 3.05) is 11.9 Å². The second-order valence-electron chi connectivity index (χ2n) is 5.49. The van der Waals surface area contributed by atoms with E-state index in [1.54, 1.807) is 25.1 Å². The van der Waals surface area contributed by atoms with Gasteiger partial charge in [0.2, 0.25) is 0 Å². The fourth-order valence-electron chi connectivity index (χ4n) is 2.58. The van der Waals surface area contributed by atoms with Crippen molar-refractivity contribution in [3.63, 3.8) is 0 Å². The molecule has 24 heavy (non-hydrogen) atoms. The van der Waals surface area contributed by atoms with Gasteiger partial charge in [-0.05, 0) is 24.1 Å². The lowest BCUT2D eigenvalue weighted by molar-refractivity contribution is 0.239. The topological polar surface area (TPSA) is 87.4 Å². The van der Waals surface area contributed by atoms with Crippen molar-refractivity contribution in [2.24, 2.45) is 0 Å². The average molecular weight is 325 g/mol. The fraction of sp³-hybridized carbons (Fsp3) is 0.222. The molecule has 6 heteroatoms. The van der Waals surface area contributed by atoms with E-state index >= 15 is 0 Å². The molecule has 0 fully saturated rings. The average Bonchev–Trinajstić information content (AvgIpc) is 2.94. The van der Waals surface area contributed by atoms with E-state index in [9.17, 15) is 9.90 Å². The van der Waals surface area contributed by atoms with Gasteiger partial charge in [-0.3, -0.25) is 0 Å². The third-order valence-electron chi connectivity index (χ3n) is 3.68. The fourth-order valence-corrected chi connectivity index (χ4v) is 2.58. The molecule has 0 saturated carbocycles. The Morgan fingerprint density at radius 2 is 2.04 bits per heavy atom. The number of aryl methyl sites for hydroxylation is 1. The molecule has 1 heterocycles. The van der Waals surface area contributed by atoms with Gasteiger partial charge in [-0.2, -0.15) is 0 Å². The zero-order chi connectivity index (χ0) is 16.9. The predicted molar refractivity (Wildman–Crippen MR) is 91.8 cm³/mol. The molecule has 0 aliphatic heterocycles. The van der Waals surface area contributed by atoms with E-state index in [1.165, 1.54) is 0 Å². The zero-order valence-electron chi connectivity index (χ0n) is 13.3. The Kier molecular flexibility index (Phi) is 4.77. The van der Waals surface area contributed by atoms with Gasteiger partial charge in [0, 0.05) is 25.3 Å². The van der Waals surface area contributed by atoms with Crippen LogP contribution >= 0.6 is 0 Å². The van der Waals surface area contributed by atoms with Crippen LogP contribution in [-0.2, 0) is 0 Å². The SMILES string of the molecule is Cc1nc2ccc(NC(=O)N[C@H](CCO)c3ccccc3)cc2o1. The molecular weight excluding hydrogens is 306 g/mol. The van der Waals surface area contributed by atoms with Crippen molar-refractivity contribution in [1.29, 1.82) is 0 Å². The first-order valence-electron chi connectivity index (χ1n) is 7.76. The molecule has 124 valence electrons. The van der Waals surface area contributed by atoms with Gasteiger partial charge in [0.15, 0.2) is 11.5 Å². The largest absolute Gasteiger partial charge is 0.441 e. The monoisotopic (exact) mass is 325 g/mol. The number of nitrogens with zero attached hydrogens (tertiary/aromatic N) is 1. The number of amides is 2. The van der Waals surface area contributed by atoms with E-state index in [0.717, 1.165) is 11.1 Å². The van der Waals surface area contributed by atoms with Crippen LogP contribution < -0.4 is 10.6 Å². The number of carbonyl (C=O) groups excluding carboxylic acids is 1. The molecule has 6 nitrogen and oxygen atoms in total. The highest BCUT2D eigenvalue weighted by Crippen LogP contribution is 2.20. The molecule has 1 aromatic heterocycles. The first-order valence-corrected chi connectivity index (χ1v) is 7.76. The van der Waals surface area contributed by atoms with Gasteiger partial charge in [-0.25, -0.2) is 9.78 Å². The molecule has 2 aromatic carbocycles. The number of aliphatic hydroxyl groups is 1. The van der Waals surface area contributed by atoms with Crippen molar-refractivity contribution >= 4 is 22.8 Å². The smallest absolute Gasteiger partial charge is 0.319 e. The van der Waals surface area contributed by atoms with E-state index in [1.807, 2.05) is 30.3 Å². The Balaban J connectivity index is 1.70. The Morgan fingerprint density at radius 3 is 2.79 bits per heavy atom. The van der Waals surface area contributed by atoms with E-state index in [2.05, 4.69) is 15.6 Å². The number of hydrogen-bond acceptors (Lipinski definition) is 4. The highest BCUT2D eigenvalue weighted by Gasteiger charge is 2.14. The molecule has 0 unspecified atom stereocenters. The minimum atomic E-state index is -0.340. The van der Waals surface area contributed by atoms with Gasteiger partial charge < -0.3 is 20.2 Å². The van der Waals surface area contributed by atoms with Crippen LogP contribution in [0.5, 0.6) is 0 Å². The van der Waals surface area contributed by atoms with Crippen LogP contribution in [0.1, 0.15) is 23.9 Å². The van der Waals surface area contributed by atoms with Gasteiger partial charge >= 0.3 is 6.03 Å². The van der Waals surface area contributed by atoms with Crippen molar-refractivity contribution in [1.82, 2.24) is 10.3 Å². The standard InChI is InChI=1S/C18H19N3O3/c1-12-19-16-8-7-14(11-17(16)24-12)20-18(23)21-15(9-10-22)13-5-3-2-4-6-13/h2-8,11,15,22H,9-10H2,1H3,(H2,20,21,23)/t15-/m1/s1. The number of oxazole rings is 1. The van der Waals surface area contributed by atoms with Crippen LogP contribution in [0.15, 0.2) is 52.9 Å². The molecule has 0 aliphatic carbocycles. The van der Waals surface area contributed by atoms with Crippen LogP contribution in [0.4, 0.5) is 10.5 Å². The lowest BCUT2D eigenvalue weighted by Crippen LogP contribution is -2.33. The third-order valence-corrected chi connectivity index (χ3v) is 3.68. The number of aromatic nitrogens is 1. The molecule has 2 amide bonds. The normalized spacial score (nSPS) is 12.1. The summed E-state index contributed by atoms with van der Waals surface area (Å²) in [5, 5.41) is 14.9. The summed E-state index contributed by atoms with van der Waals surface area (Å²) in [6, 6.07) is 14.3. The molecule has 0 saturated heterocycles. The number of carbonyl (C=O) groups is 1. The Bertz CT molecular complexity index is 830. The first-order chi connectivity index (χ1) is 11.7. The van der Waals surface area contributed by atoms with Crippen molar-refractivity contribution in [2.45, 2.75) is 19.4 Å². The quantitative estimate of drug-likeness (QED) is 0.671. The van der Waals surface area contributed by atoms with Crippen molar-refractivity contribution in [3.8, 4) is 0 Å². The maximum Gasteiger partial charge on any atom is 0.319 e. The molecular formula is C18H19N3O3. The summed E-state index contributed by atoms with van der Waals surface area (Å²) >= 11 is 0. The lowest BCUT2D eigenvalue weighted by Gasteiger charge is -2.18. The minimum absolute atomic E-state index is 0.0108. The number of anilines is 1. The van der Waals surface area contributed by atoms with Gasteiger partial charge in [-0.1, -0.05) is 30.3 Å². The first kappa shape index (κ1) is 16.0. The van der Waals surface area contributed by atoms with Gasteiger partial charge in [-0.15, -0.1) is 0 Å². The molecule has 3 aromatic rings. The van der Waals surface area contributed by atoms with Gasteiger partial charge in [0.05, 0.1) is 6.04 Å². The summed E-state index contributed by atoms with van der Waals surface area (Å²) < 4.78 is 5.46. The number of urea groups is 1. The lowest BCUT2D eigenvalue weighted by atomic mass is 10.0. The van der Waals surface area contributed by atoms with Crippen LogP contribution in [0.25, 0.3) is 11.1 Å². The predicted octanol–water partition coefficient (Wildman–Crippen LogP) is 3.38. The van der Waals surface area contributed by atoms with Crippen LogP contribution in [0, 0.1) is 6.92 Å². The number of benzene rings is 2. The number of aliphatic hydroxyl groups excluding tert-OH is 1. The second kappa shape index (κ2) is 7.14. The Hall–Kier alpha value is -2.86. The summed E-state index contributed by atoms with van der Waals surface area (Å²) in [6.07, 6.45) is 0.442. The molecule has 3 N–H and O–H groups in total. The molecule has 0 aliphatic rings. The number of hydrogen-bond donors (Lipinski definition) is 3. The number of fused-ring (bicyclic) bond motifs is 1. The summed E-state index contributed by atoms with van der Waals surface area (Å²) in [7, 11) is 0. The summed E-state index contributed by atoms with van der Waals surface area (Å²) in [4.78, 5) is 16.5. The van der Waals surface area contributed by atoms with E-state index in [0.29, 0.717) is 23.6 Å². The van der Waals surface area contributed by atoms with Crippen LogP contribution in [0.3, 0.4) is 0 Å². The zero-order valence-corrected chi connectivity index (χ0v) is 13.3. The Labute approximate surface area is 139 Å². The van der Waals surface area contributed by atoms with E-state index < -0.39 is 0 Å². The minimum Gasteiger partial charge on any atom is -0.441 e. The van der Waals surface area contributed by atoms with Crippen molar-refractivity contribution < 1.29 is 14.3 Å². The molecule has 0 spiro atoms. The second-order valence-corrected chi connectivity index (χ2v) is 5.49. The maximum absolute atomic E-state index is 12.3. The summed E-state index contributed by atoms with van der Waals surface area (Å²) in [5.41, 5.74) is 2.94. The van der Waals surface area contributed by atoms with Crippen LogP contribution in [-0.4, -0.2) is 22.7 Å². The van der Waals surface area contributed by atoms with Crippen LogP contribution in [0.2, 0.25) is 0 Å². The van der Waals surface area contributed by atoms with E-state index in [-0.39, 0.29) is 18.7 Å².